The van der Waals surface area contributed by atoms with Crippen LogP contribution in [-0.2, 0) is 14.3 Å². The molecule has 3 atom stereocenters. The van der Waals surface area contributed by atoms with Crippen LogP contribution in [0, 0.1) is 17.3 Å². The number of aliphatic carboxylic acids is 1. The van der Waals surface area contributed by atoms with E-state index in [2.05, 4.69) is 20.8 Å². The monoisotopic (exact) mass is 422 g/mol. The average Bonchev–Trinajstić information content (AvgIpc) is 2.68. The standard InChI is InChI=1S/C26H46O4/c1-5-6-7-8-9-10-11-12-13-14-17-22(20-21(2)3)30-25(29)26(4)19-16-15-18-23(26)24(27)28/h16,19,21-23H,5-15,17-18,20H2,1-4H3,(H,27,28). The first-order chi connectivity index (χ1) is 14.3. The molecule has 0 amide bonds. The minimum Gasteiger partial charge on any atom is -0.481 e. The zero-order valence-electron chi connectivity index (χ0n) is 20.0. The van der Waals surface area contributed by atoms with Gasteiger partial charge in [0.05, 0.1) is 11.3 Å². The van der Waals surface area contributed by atoms with Gasteiger partial charge in [0.2, 0.25) is 0 Å². The maximum Gasteiger partial charge on any atom is 0.316 e. The summed E-state index contributed by atoms with van der Waals surface area (Å²) in [6.45, 7) is 8.25. The van der Waals surface area contributed by atoms with Gasteiger partial charge in [0.15, 0.2) is 0 Å². The molecule has 0 aromatic heterocycles. The smallest absolute Gasteiger partial charge is 0.316 e. The Labute approximate surface area is 184 Å². The predicted molar refractivity (Wildman–Crippen MR) is 123 cm³/mol. The molecule has 0 fully saturated rings. The zero-order chi connectivity index (χ0) is 22.4. The molecule has 0 saturated heterocycles. The van der Waals surface area contributed by atoms with Gasteiger partial charge in [-0.15, -0.1) is 0 Å². The second-order valence-corrected chi connectivity index (χ2v) is 9.78. The Morgan fingerprint density at radius 1 is 1.03 bits per heavy atom. The number of carboxylic acids is 1. The summed E-state index contributed by atoms with van der Waals surface area (Å²) >= 11 is 0. The number of carboxylic acid groups (broad SMARTS) is 1. The van der Waals surface area contributed by atoms with Gasteiger partial charge in [0, 0.05) is 0 Å². The highest BCUT2D eigenvalue weighted by Gasteiger charge is 2.46. The molecule has 4 heteroatoms. The largest absolute Gasteiger partial charge is 0.481 e. The molecule has 1 rings (SSSR count). The van der Waals surface area contributed by atoms with E-state index in [1.54, 1.807) is 13.0 Å². The van der Waals surface area contributed by atoms with Crippen LogP contribution in [0.5, 0.6) is 0 Å². The lowest BCUT2D eigenvalue weighted by atomic mass is 9.71. The molecule has 30 heavy (non-hydrogen) atoms. The SMILES string of the molecule is CCCCCCCCCCCCC(CC(C)C)OC(=O)C1(C)C=CCCC1C(=O)O. The van der Waals surface area contributed by atoms with Gasteiger partial charge >= 0.3 is 11.9 Å². The average molecular weight is 423 g/mol. The zero-order valence-corrected chi connectivity index (χ0v) is 20.0. The van der Waals surface area contributed by atoms with Crippen molar-refractivity contribution >= 4 is 11.9 Å². The summed E-state index contributed by atoms with van der Waals surface area (Å²) in [6.07, 6.45) is 19.3. The lowest BCUT2D eigenvalue weighted by molar-refractivity contribution is -0.168. The van der Waals surface area contributed by atoms with E-state index in [9.17, 15) is 14.7 Å². The van der Waals surface area contributed by atoms with Crippen LogP contribution < -0.4 is 0 Å². The van der Waals surface area contributed by atoms with E-state index in [0.29, 0.717) is 18.8 Å². The van der Waals surface area contributed by atoms with E-state index in [1.165, 1.54) is 57.8 Å². The fraction of sp³-hybridized carbons (Fsp3) is 0.846. The van der Waals surface area contributed by atoms with Crippen LogP contribution in [0.2, 0.25) is 0 Å². The van der Waals surface area contributed by atoms with Gasteiger partial charge in [-0.05, 0) is 44.9 Å². The van der Waals surface area contributed by atoms with Crippen LogP contribution in [-0.4, -0.2) is 23.1 Å². The summed E-state index contributed by atoms with van der Waals surface area (Å²) in [7, 11) is 0. The number of allylic oxidation sites excluding steroid dienone is 1. The van der Waals surface area contributed by atoms with Crippen LogP contribution >= 0.6 is 0 Å². The fourth-order valence-corrected chi connectivity index (χ4v) is 4.49. The minimum atomic E-state index is -1.06. The van der Waals surface area contributed by atoms with E-state index in [0.717, 1.165) is 19.3 Å². The van der Waals surface area contributed by atoms with Crippen molar-refractivity contribution in [1.82, 2.24) is 0 Å². The van der Waals surface area contributed by atoms with E-state index in [1.807, 2.05) is 6.08 Å². The minimum absolute atomic E-state index is 0.117. The maximum absolute atomic E-state index is 13.0. The van der Waals surface area contributed by atoms with Gasteiger partial charge in [0.25, 0.3) is 0 Å². The maximum atomic E-state index is 13.0. The lowest BCUT2D eigenvalue weighted by Gasteiger charge is -2.34. The molecular formula is C26H46O4. The van der Waals surface area contributed by atoms with E-state index < -0.39 is 17.3 Å². The summed E-state index contributed by atoms with van der Waals surface area (Å²) in [5.41, 5.74) is -1.06. The summed E-state index contributed by atoms with van der Waals surface area (Å²) < 4.78 is 5.91. The molecule has 1 aliphatic carbocycles. The van der Waals surface area contributed by atoms with Crippen LogP contribution in [0.4, 0.5) is 0 Å². The molecule has 0 aromatic rings. The third-order valence-corrected chi connectivity index (χ3v) is 6.44. The van der Waals surface area contributed by atoms with Gasteiger partial charge in [-0.1, -0.05) is 90.7 Å². The third kappa shape index (κ3) is 9.66. The van der Waals surface area contributed by atoms with Crippen molar-refractivity contribution in [3.05, 3.63) is 12.2 Å². The molecule has 0 spiro atoms. The summed E-state index contributed by atoms with van der Waals surface area (Å²) in [6, 6.07) is 0. The van der Waals surface area contributed by atoms with Crippen molar-refractivity contribution in [3.8, 4) is 0 Å². The van der Waals surface area contributed by atoms with Crippen LogP contribution in [0.15, 0.2) is 12.2 Å². The molecular weight excluding hydrogens is 376 g/mol. The Morgan fingerprint density at radius 2 is 1.60 bits per heavy atom. The number of hydrogen-bond donors (Lipinski definition) is 1. The number of esters is 1. The van der Waals surface area contributed by atoms with Gasteiger partial charge < -0.3 is 9.84 Å². The highest BCUT2D eigenvalue weighted by molar-refractivity contribution is 5.86. The first-order valence-corrected chi connectivity index (χ1v) is 12.4. The van der Waals surface area contributed by atoms with E-state index >= 15 is 0 Å². The van der Waals surface area contributed by atoms with Crippen LogP contribution in [0.25, 0.3) is 0 Å². The van der Waals surface area contributed by atoms with Crippen molar-refractivity contribution in [2.45, 2.75) is 124 Å². The van der Waals surface area contributed by atoms with Gasteiger partial charge in [-0.25, -0.2) is 0 Å². The highest BCUT2D eigenvalue weighted by atomic mass is 16.5. The first kappa shape index (κ1) is 26.7. The van der Waals surface area contributed by atoms with E-state index in [-0.39, 0.29) is 12.1 Å². The number of ether oxygens (including phenoxy) is 1. The van der Waals surface area contributed by atoms with Crippen molar-refractivity contribution < 1.29 is 19.4 Å². The molecule has 1 N–H and O–H groups in total. The van der Waals surface area contributed by atoms with Crippen LogP contribution in [0.3, 0.4) is 0 Å². The van der Waals surface area contributed by atoms with Crippen molar-refractivity contribution in [2.75, 3.05) is 0 Å². The molecule has 0 saturated carbocycles. The Morgan fingerprint density at radius 3 is 2.13 bits per heavy atom. The predicted octanol–water partition coefficient (Wildman–Crippen LogP) is 7.31. The van der Waals surface area contributed by atoms with Gasteiger partial charge in [0.1, 0.15) is 6.10 Å². The number of unbranched alkanes of at least 4 members (excludes halogenated alkanes) is 9. The quantitative estimate of drug-likeness (QED) is 0.161. The Bertz CT molecular complexity index is 525. The second-order valence-electron chi connectivity index (χ2n) is 9.78. The van der Waals surface area contributed by atoms with Crippen molar-refractivity contribution in [1.29, 1.82) is 0 Å². The second kappa shape index (κ2) is 14.6. The highest BCUT2D eigenvalue weighted by Crippen LogP contribution is 2.38. The molecule has 1 aliphatic rings. The molecule has 0 aromatic carbocycles. The molecule has 0 bridgehead atoms. The molecule has 0 radical (unpaired) electrons. The Balaban J connectivity index is 2.42. The third-order valence-electron chi connectivity index (χ3n) is 6.44. The lowest BCUT2D eigenvalue weighted by Crippen LogP contribution is -2.42. The molecule has 4 nitrogen and oxygen atoms in total. The van der Waals surface area contributed by atoms with Crippen molar-refractivity contribution in [2.24, 2.45) is 17.3 Å². The normalized spacial score (nSPS) is 22.2. The number of carbonyl (C=O) groups excluding carboxylic acids is 1. The van der Waals surface area contributed by atoms with Crippen LogP contribution in [0.1, 0.15) is 118 Å². The Hall–Kier alpha value is -1.32. The summed E-state index contributed by atoms with van der Waals surface area (Å²) in [5, 5.41) is 9.57. The topological polar surface area (TPSA) is 63.6 Å². The van der Waals surface area contributed by atoms with Gasteiger partial charge in [-0.2, -0.15) is 0 Å². The van der Waals surface area contributed by atoms with Gasteiger partial charge in [-0.3, -0.25) is 9.59 Å². The Kier molecular flexibility index (Phi) is 13.0. The van der Waals surface area contributed by atoms with E-state index in [4.69, 9.17) is 4.74 Å². The summed E-state index contributed by atoms with van der Waals surface area (Å²) in [5.74, 6) is -1.54. The molecule has 0 heterocycles. The van der Waals surface area contributed by atoms with Crippen molar-refractivity contribution in [3.63, 3.8) is 0 Å². The first-order valence-electron chi connectivity index (χ1n) is 12.4. The molecule has 3 unspecified atom stereocenters. The molecule has 174 valence electrons. The molecule has 0 aliphatic heterocycles. The summed E-state index contributed by atoms with van der Waals surface area (Å²) in [4.78, 5) is 24.6. The number of hydrogen-bond acceptors (Lipinski definition) is 3. The fourth-order valence-electron chi connectivity index (χ4n) is 4.49. The number of rotatable bonds is 16. The number of carbonyl (C=O) groups is 2.